The summed E-state index contributed by atoms with van der Waals surface area (Å²) in [5, 5.41) is 0. The van der Waals surface area contributed by atoms with E-state index in [1.165, 1.54) is 11.1 Å². The van der Waals surface area contributed by atoms with E-state index in [2.05, 4.69) is 71.9 Å². The van der Waals surface area contributed by atoms with Crippen LogP contribution in [0.2, 0.25) is 0 Å². The molecule has 0 radical (unpaired) electrons. The SMILES string of the molecule is CC(C)(C)c1cccc(C(C)(C)C)[cH+]c1. The van der Waals surface area contributed by atoms with E-state index >= 15 is 0 Å². The molecule has 0 saturated carbocycles. The van der Waals surface area contributed by atoms with Crippen molar-refractivity contribution in [1.29, 1.82) is 0 Å². The van der Waals surface area contributed by atoms with E-state index in [1.54, 1.807) is 0 Å². The van der Waals surface area contributed by atoms with E-state index in [9.17, 15) is 0 Å². The summed E-state index contributed by atoms with van der Waals surface area (Å²) in [7, 11) is 0. The van der Waals surface area contributed by atoms with Gasteiger partial charge in [0.25, 0.3) is 0 Å². The molecule has 82 valence electrons. The fourth-order valence-electron chi connectivity index (χ4n) is 1.55. The molecule has 0 aliphatic heterocycles. The summed E-state index contributed by atoms with van der Waals surface area (Å²) in [6, 6.07) is 11.1. The van der Waals surface area contributed by atoms with Crippen LogP contribution in [0.25, 0.3) is 0 Å². The molecule has 0 bridgehead atoms. The molecule has 0 fully saturated rings. The quantitative estimate of drug-likeness (QED) is 0.542. The monoisotopic (exact) mass is 203 g/mol. The molecule has 15 heavy (non-hydrogen) atoms. The molecule has 0 heteroatoms. The smallest absolute Gasteiger partial charge is 0.0537 e. The summed E-state index contributed by atoms with van der Waals surface area (Å²) in [6.45, 7) is 13.5. The van der Waals surface area contributed by atoms with Crippen LogP contribution >= 0.6 is 0 Å². The van der Waals surface area contributed by atoms with Crippen LogP contribution in [0.5, 0.6) is 0 Å². The van der Waals surface area contributed by atoms with Crippen LogP contribution in [0.4, 0.5) is 0 Å². The van der Waals surface area contributed by atoms with Gasteiger partial charge in [0.2, 0.25) is 0 Å². The van der Waals surface area contributed by atoms with Gasteiger partial charge >= 0.3 is 0 Å². The zero-order valence-electron chi connectivity index (χ0n) is 10.9. The number of hydrogen-bond donors (Lipinski definition) is 0. The van der Waals surface area contributed by atoms with Crippen LogP contribution < -0.4 is 0 Å². The lowest BCUT2D eigenvalue weighted by Gasteiger charge is -2.13. The first-order valence-electron chi connectivity index (χ1n) is 5.65. The summed E-state index contributed by atoms with van der Waals surface area (Å²) >= 11 is 0. The van der Waals surface area contributed by atoms with Crippen molar-refractivity contribution in [1.82, 2.24) is 0 Å². The second-order valence-corrected chi connectivity index (χ2v) is 6.27. The second kappa shape index (κ2) is 3.92. The standard InChI is InChI=1S/C15H23/c1-14(2,3)12-8-7-9-13(11-10-12)15(4,5)6/h7-11H,1-6H3/q+1. The Morgan fingerprint density at radius 3 is 1.93 bits per heavy atom. The molecule has 0 spiro atoms. The first-order valence-corrected chi connectivity index (χ1v) is 5.65. The van der Waals surface area contributed by atoms with Gasteiger partial charge < -0.3 is 0 Å². The predicted octanol–water partition coefficient (Wildman–Crippen LogP) is 4.56. The molecule has 0 amide bonds. The largest absolute Gasteiger partial charge is 0.0653 e. The highest BCUT2D eigenvalue weighted by Gasteiger charge is 2.20. The van der Waals surface area contributed by atoms with Crippen molar-refractivity contribution in [2.75, 3.05) is 0 Å². The van der Waals surface area contributed by atoms with Gasteiger partial charge in [0.15, 0.2) is 0 Å². The van der Waals surface area contributed by atoms with Crippen LogP contribution in [0.1, 0.15) is 52.7 Å². The number of rotatable bonds is 0. The Hall–Kier alpha value is -0.910. The first-order chi connectivity index (χ1) is 6.71. The van der Waals surface area contributed by atoms with Crippen molar-refractivity contribution in [2.45, 2.75) is 52.4 Å². The van der Waals surface area contributed by atoms with Crippen LogP contribution in [0, 0.1) is 0 Å². The molecule has 0 unspecified atom stereocenters. The molecule has 1 aromatic carbocycles. The average Bonchev–Trinajstić information content (AvgIpc) is 2.24. The van der Waals surface area contributed by atoms with Gasteiger partial charge in [-0.3, -0.25) is 0 Å². The van der Waals surface area contributed by atoms with Crippen molar-refractivity contribution in [2.24, 2.45) is 0 Å². The summed E-state index contributed by atoms with van der Waals surface area (Å²) < 4.78 is 0. The Labute approximate surface area is 94.4 Å². The Morgan fingerprint density at radius 2 is 1.47 bits per heavy atom. The fourth-order valence-corrected chi connectivity index (χ4v) is 1.55. The second-order valence-electron chi connectivity index (χ2n) is 6.27. The Morgan fingerprint density at radius 1 is 0.867 bits per heavy atom. The molecule has 0 heterocycles. The number of hydrogen-bond acceptors (Lipinski definition) is 0. The molecule has 0 nitrogen and oxygen atoms in total. The highest BCUT2D eigenvalue weighted by Crippen LogP contribution is 2.25. The van der Waals surface area contributed by atoms with Gasteiger partial charge in [-0.15, -0.1) is 0 Å². The highest BCUT2D eigenvalue weighted by molar-refractivity contribution is 5.28. The Balaban J connectivity index is 3.18. The summed E-state index contributed by atoms with van der Waals surface area (Å²) in [5.74, 6) is 0. The van der Waals surface area contributed by atoms with Crippen molar-refractivity contribution in [3.8, 4) is 0 Å². The normalized spacial score (nSPS) is 12.7. The molecule has 1 rings (SSSR count). The van der Waals surface area contributed by atoms with Gasteiger partial charge in [0.05, 0.1) is 11.6 Å². The van der Waals surface area contributed by atoms with E-state index in [-0.39, 0.29) is 10.8 Å². The third-order valence-corrected chi connectivity index (χ3v) is 2.73. The molecular weight excluding hydrogens is 180 g/mol. The molecule has 0 aromatic heterocycles. The van der Waals surface area contributed by atoms with Gasteiger partial charge in [-0.25, -0.2) is 0 Å². The minimum Gasteiger partial charge on any atom is -0.0537 e. The molecule has 0 aliphatic carbocycles. The molecule has 1 aromatic rings. The van der Waals surface area contributed by atoms with Crippen molar-refractivity contribution >= 4 is 0 Å². The van der Waals surface area contributed by atoms with E-state index in [1.807, 2.05) is 0 Å². The van der Waals surface area contributed by atoms with E-state index in [0.717, 1.165) is 0 Å². The molecule has 0 saturated heterocycles. The predicted molar refractivity (Wildman–Crippen MR) is 68.2 cm³/mol. The molecule has 0 aliphatic rings. The third-order valence-electron chi connectivity index (χ3n) is 2.73. The third kappa shape index (κ3) is 3.30. The zero-order chi connectivity index (χ0) is 11.7. The summed E-state index contributed by atoms with van der Waals surface area (Å²) in [6.07, 6.45) is 0. The van der Waals surface area contributed by atoms with Crippen molar-refractivity contribution in [3.05, 3.63) is 41.5 Å². The van der Waals surface area contributed by atoms with Crippen LogP contribution in [0.3, 0.4) is 0 Å². The first kappa shape index (κ1) is 12.2. The van der Waals surface area contributed by atoms with Crippen LogP contribution in [-0.2, 0) is 10.8 Å². The fraction of sp³-hybridized carbons (Fsp3) is 0.533. The maximum absolute atomic E-state index is 2.25. The average molecular weight is 203 g/mol. The van der Waals surface area contributed by atoms with E-state index in [0.29, 0.717) is 0 Å². The maximum Gasteiger partial charge on any atom is 0.0653 e. The Bertz CT molecular complexity index is 306. The lowest BCUT2D eigenvalue weighted by atomic mass is 9.87. The van der Waals surface area contributed by atoms with Crippen LogP contribution in [0.15, 0.2) is 30.3 Å². The molecule has 0 atom stereocenters. The van der Waals surface area contributed by atoms with E-state index in [4.69, 9.17) is 0 Å². The van der Waals surface area contributed by atoms with Gasteiger partial charge in [-0.1, -0.05) is 20.8 Å². The lowest BCUT2D eigenvalue weighted by Crippen LogP contribution is -2.10. The minimum atomic E-state index is 0.230. The van der Waals surface area contributed by atoms with Gasteiger partial charge in [-0.05, 0) is 20.8 Å². The minimum absolute atomic E-state index is 0.230. The Kier molecular flexibility index (Phi) is 3.18. The zero-order valence-corrected chi connectivity index (χ0v) is 10.9. The van der Waals surface area contributed by atoms with Crippen molar-refractivity contribution in [3.63, 3.8) is 0 Å². The lowest BCUT2D eigenvalue weighted by molar-refractivity contribution is 0.586. The summed E-state index contributed by atoms with van der Waals surface area (Å²) in [4.78, 5) is 0. The van der Waals surface area contributed by atoms with E-state index < -0.39 is 0 Å². The summed E-state index contributed by atoms with van der Waals surface area (Å²) in [5.41, 5.74) is 3.23. The van der Waals surface area contributed by atoms with Gasteiger partial charge in [0.1, 0.15) is 0 Å². The van der Waals surface area contributed by atoms with Gasteiger partial charge in [-0.2, -0.15) is 0 Å². The molecule has 0 N–H and O–H groups in total. The van der Waals surface area contributed by atoms with Crippen LogP contribution in [-0.4, -0.2) is 0 Å². The molecular formula is C15H23+. The highest BCUT2D eigenvalue weighted by atomic mass is 14.2. The van der Waals surface area contributed by atoms with Gasteiger partial charge in [0, 0.05) is 40.7 Å². The topological polar surface area (TPSA) is 0 Å². The maximum atomic E-state index is 2.25. The van der Waals surface area contributed by atoms with Crippen molar-refractivity contribution < 1.29 is 0 Å².